The van der Waals surface area contributed by atoms with Gasteiger partial charge in [-0.05, 0) is 26.0 Å². The molecule has 5 heteroatoms. The number of hydrogen-bond donors (Lipinski definition) is 0. The lowest BCUT2D eigenvalue weighted by Gasteiger charge is -2.12. The molecule has 0 amide bonds. The third-order valence-electron chi connectivity index (χ3n) is 3.04. The molecule has 0 heterocycles. The smallest absolute Gasteiger partial charge is 0.338 e. The van der Waals surface area contributed by atoms with Gasteiger partial charge in [0.1, 0.15) is 0 Å². The van der Waals surface area contributed by atoms with Crippen molar-refractivity contribution in [1.29, 1.82) is 0 Å². The Balaban J connectivity index is 2.14. The Morgan fingerprint density at radius 2 is 1.26 bits per heavy atom. The molecule has 0 spiro atoms. The molecule has 0 bridgehead atoms. The molecule has 5 nitrogen and oxygen atoms in total. The average molecular weight is 314 g/mol. The van der Waals surface area contributed by atoms with Crippen LogP contribution in [0.5, 0.6) is 0 Å². The lowest BCUT2D eigenvalue weighted by atomic mass is 10.3. The minimum atomic E-state index is -0.505. The quantitative estimate of drug-likeness (QED) is 0.554. The van der Waals surface area contributed by atoms with Crippen molar-refractivity contribution in [3.05, 3.63) is 71.6 Å². The number of esters is 2. The van der Waals surface area contributed by atoms with E-state index in [1.54, 1.807) is 26.0 Å². The molecule has 2 aliphatic rings. The Morgan fingerprint density at radius 1 is 0.870 bits per heavy atom. The molecule has 0 aromatic rings. The normalized spacial score (nSPS) is 15.9. The lowest BCUT2D eigenvalue weighted by Crippen LogP contribution is -2.07. The van der Waals surface area contributed by atoms with E-state index in [-0.39, 0.29) is 0 Å². The molecule has 0 aromatic carbocycles. The largest absolute Gasteiger partial charge is 0.450 e. The Labute approximate surface area is 134 Å². The summed E-state index contributed by atoms with van der Waals surface area (Å²) >= 11 is 0. The van der Waals surface area contributed by atoms with Crippen LogP contribution in [0.3, 0.4) is 0 Å². The van der Waals surface area contributed by atoms with Crippen molar-refractivity contribution >= 4 is 11.9 Å². The summed E-state index contributed by atoms with van der Waals surface area (Å²) in [5.74, 6) is 0.604. The fraction of sp³-hybridized carbons (Fsp3) is 0.222. The van der Waals surface area contributed by atoms with Gasteiger partial charge < -0.3 is 14.2 Å². The first-order valence-corrected chi connectivity index (χ1v) is 7.11. The van der Waals surface area contributed by atoms with Gasteiger partial charge in [-0.1, -0.05) is 25.3 Å². The molecule has 2 aliphatic carbocycles. The maximum atomic E-state index is 11.6. The van der Waals surface area contributed by atoms with Crippen molar-refractivity contribution in [2.24, 2.45) is 0 Å². The van der Waals surface area contributed by atoms with E-state index in [1.807, 2.05) is 12.2 Å². The highest BCUT2D eigenvalue weighted by atomic mass is 16.6. The Bertz CT molecular complexity index is 641. The van der Waals surface area contributed by atoms with E-state index in [4.69, 9.17) is 14.2 Å². The van der Waals surface area contributed by atoms with Crippen LogP contribution in [0, 0.1) is 0 Å². The first-order chi connectivity index (χ1) is 10.9. The summed E-state index contributed by atoms with van der Waals surface area (Å²) in [7, 11) is 0. The molecular weight excluding hydrogens is 296 g/mol. The topological polar surface area (TPSA) is 61.8 Å². The van der Waals surface area contributed by atoms with Crippen LogP contribution in [-0.2, 0) is 23.8 Å². The standard InChI is InChI=1S/C18H18O5/c1-11(2)17(19)22-15-9-5-7-13(15)21-14-8-6-10-16(14)23-18(20)12(3)4/h5-8H,1,3,9-10H2,2,4H3. The molecule has 0 saturated carbocycles. The van der Waals surface area contributed by atoms with Crippen LogP contribution in [-0.4, -0.2) is 11.9 Å². The zero-order chi connectivity index (χ0) is 17.0. The molecule has 2 rings (SSSR count). The molecule has 0 saturated heterocycles. The molecule has 0 aliphatic heterocycles. The third kappa shape index (κ3) is 4.10. The van der Waals surface area contributed by atoms with Crippen molar-refractivity contribution in [2.75, 3.05) is 0 Å². The fourth-order valence-electron chi connectivity index (χ4n) is 1.82. The van der Waals surface area contributed by atoms with Crippen LogP contribution in [0.4, 0.5) is 0 Å². The summed E-state index contributed by atoms with van der Waals surface area (Å²) in [5.41, 5.74) is 0.611. The molecular formula is C18H18O5. The predicted octanol–water partition coefficient (Wildman–Crippen LogP) is 3.58. The Hall–Kier alpha value is -2.82. The molecule has 120 valence electrons. The second-order valence-electron chi connectivity index (χ2n) is 5.23. The van der Waals surface area contributed by atoms with Gasteiger partial charge >= 0.3 is 11.9 Å². The van der Waals surface area contributed by atoms with Crippen LogP contribution >= 0.6 is 0 Å². The van der Waals surface area contributed by atoms with E-state index in [1.165, 1.54) is 0 Å². The van der Waals surface area contributed by atoms with Crippen LogP contribution in [0.1, 0.15) is 26.7 Å². The molecule has 0 fully saturated rings. The van der Waals surface area contributed by atoms with Crippen molar-refractivity contribution in [3.8, 4) is 0 Å². The zero-order valence-corrected chi connectivity index (χ0v) is 13.2. The van der Waals surface area contributed by atoms with E-state index in [0.717, 1.165) is 0 Å². The molecule has 0 unspecified atom stereocenters. The van der Waals surface area contributed by atoms with E-state index < -0.39 is 11.9 Å². The van der Waals surface area contributed by atoms with Crippen LogP contribution < -0.4 is 0 Å². The van der Waals surface area contributed by atoms with Gasteiger partial charge in [-0.2, -0.15) is 0 Å². The Kier molecular flexibility index (Phi) is 5.01. The van der Waals surface area contributed by atoms with Crippen molar-refractivity contribution in [1.82, 2.24) is 0 Å². The molecule has 0 atom stereocenters. The van der Waals surface area contributed by atoms with Gasteiger partial charge in [-0.15, -0.1) is 0 Å². The second-order valence-corrected chi connectivity index (χ2v) is 5.23. The highest BCUT2D eigenvalue weighted by Gasteiger charge is 2.22. The number of ether oxygens (including phenoxy) is 3. The Morgan fingerprint density at radius 3 is 1.61 bits per heavy atom. The summed E-state index contributed by atoms with van der Waals surface area (Å²) in [4.78, 5) is 23.2. The number of rotatable bonds is 6. The number of allylic oxidation sites excluding steroid dienone is 4. The maximum Gasteiger partial charge on any atom is 0.338 e. The van der Waals surface area contributed by atoms with E-state index in [0.29, 0.717) is 47.0 Å². The summed E-state index contributed by atoms with van der Waals surface area (Å²) in [6.07, 6.45) is 7.94. The third-order valence-corrected chi connectivity index (χ3v) is 3.04. The van der Waals surface area contributed by atoms with Gasteiger partial charge in [0.05, 0.1) is 0 Å². The molecule has 0 N–H and O–H groups in total. The van der Waals surface area contributed by atoms with Crippen LogP contribution in [0.25, 0.3) is 0 Å². The monoisotopic (exact) mass is 314 g/mol. The van der Waals surface area contributed by atoms with Crippen molar-refractivity contribution < 1.29 is 23.8 Å². The fourth-order valence-corrected chi connectivity index (χ4v) is 1.82. The van der Waals surface area contributed by atoms with Gasteiger partial charge in [0.2, 0.25) is 0 Å². The van der Waals surface area contributed by atoms with E-state index in [9.17, 15) is 9.59 Å². The van der Waals surface area contributed by atoms with Gasteiger partial charge in [0, 0.05) is 24.0 Å². The summed E-state index contributed by atoms with van der Waals surface area (Å²) in [6.45, 7) is 10.2. The number of carbonyl (C=O) groups excluding carboxylic acids is 2. The molecule has 0 aromatic heterocycles. The maximum absolute atomic E-state index is 11.6. The van der Waals surface area contributed by atoms with Crippen molar-refractivity contribution in [2.45, 2.75) is 26.7 Å². The lowest BCUT2D eigenvalue weighted by molar-refractivity contribution is -0.135. The van der Waals surface area contributed by atoms with Gasteiger partial charge in [-0.25, -0.2) is 9.59 Å². The highest BCUT2D eigenvalue weighted by Crippen LogP contribution is 2.29. The number of carbonyl (C=O) groups is 2. The van der Waals surface area contributed by atoms with Crippen LogP contribution in [0.2, 0.25) is 0 Å². The second kappa shape index (κ2) is 6.96. The van der Waals surface area contributed by atoms with Crippen molar-refractivity contribution in [3.63, 3.8) is 0 Å². The SMILES string of the molecule is C=C(C)C(=O)OC1=C(OC2=C(OC(=O)C(=C)C)CC=C2)C=CC1. The van der Waals surface area contributed by atoms with E-state index >= 15 is 0 Å². The van der Waals surface area contributed by atoms with Gasteiger partial charge in [0.25, 0.3) is 0 Å². The molecule has 0 radical (unpaired) electrons. The van der Waals surface area contributed by atoms with Crippen LogP contribution in [0.15, 0.2) is 71.6 Å². The van der Waals surface area contributed by atoms with Gasteiger partial charge in [-0.3, -0.25) is 0 Å². The first kappa shape index (κ1) is 16.5. The zero-order valence-electron chi connectivity index (χ0n) is 13.2. The first-order valence-electron chi connectivity index (χ1n) is 7.11. The average Bonchev–Trinajstić information content (AvgIpc) is 3.09. The highest BCUT2D eigenvalue weighted by molar-refractivity contribution is 5.88. The summed E-state index contributed by atoms with van der Waals surface area (Å²) in [6, 6.07) is 0. The summed E-state index contributed by atoms with van der Waals surface area (Å²) in [5, 5.41) is 0. The predicted molar refractivity (Wildman–Crippen MR) is 84.5 cm³/mol. The number of hydrogen-bond acceptors (Lipinski definition) is 5. The van der Waals surface area contributed by atoms with Gasteiger partial charge in [0.15, 0.2) is 23.0 Å². The minimum Gasteiger partial charge on any atom is -0.450 e. The summed E-state index contributed by atoms with van der Waals surface area (Å²) < 4.78 is 16.2. The van der Waals surface area contributed by atoms with E-state index in [2.05, 4.69) is 13.2 Å². The molecule has 23 heavy (non-hydrogen) atoms. The minimum absolute atomic E-state index is 0.305.